The van der Waals surface area contributed by atoms with Gasteiger partial charge in [0, 0.05) is 5.75 Å². The van der Waals surface area contributed by atoms with Gasteiger partial charge < -0.3 is 26.6 Å². The summed E-state index contributed by atoms with van der Waals surface area (Å²) in [7, 11) is 0. The van der Waals surface area contributed by atoms with Crippen LogP contribution in [0.4, 0.5) is 0 Å². The molecule has 6 N–H and O–H groups in total. The van der Waals surface area contributed by atoms with Gasteiger partial charge in [0.15, 0.2) is 0 Å². The minimum absolute atomic E-state index is 0.0241. The predicted molar refractivity (Wildman–Crippen MR) is 79.9 cm³/mol. The van der Waals surface area contributed by atoms with E-state index in [-0.39, 0.29) is 18.1 Å². The van der Waals surface area contributed by atoms with Crippen molar-refractivity contribution in [3.05, 3.63) is 0 Å². The fourth-order valence-corrected chi connectivity index (χ4v) is 1.78. The number of hydrogen-bond acceptors (Lipinski definition) is 6. The lowest BCUT2D eigenvalue weighted by Crippen LogP contribution is -2.55. The van der Waals surface area contributed by atoms with Crippen LogP contribution < -0.4 is 16.4 Å². The van der Waals surface area contributed by atoms with E-state index in [1.165, 1.54) is 0 Å². The van der Waals surface area contributed by atoms with Gasteiger partial charge in [-0.1, -0.05) is 13.8 Å². The average Bonchev–Trinajstić information content (AvgIpc) is 2.41. The molecule has 0 fully saturated rings. The highest BCUT2D eigenvalue weighted by Crippen LogP contribution is 2.05. The summed E-state index contributed by atoms with van der Waals surface area (Å²) in [5.74, 6) is -2.45. The molecule has 0 aromatic heterocycles. The van der Waals surface area contributed by atoms with Crippen molar-refractivity contribution >= 4 is 30.4 Å². The lowest BCUT2D eigenvalue weighted by molar-refractivity contribution is -0.142. The van der Waals surface area contributed by atoms with E-state index in [4.69, 9.17) is 15.9 Å². The van der Waals surface area contributed by atoms with Crippen molar-refractivity contribution in [3.63, 3.8) is 0 Å². The SMILES string of the molecule is CC(C)C[C@H](NC(=O)[C@H](CS)NC(=O)[C@@H](N)CO)C(=O)O. The summed E-state index contributed by atoms with van der Waals surface area (Å²) in [6.07, 6.45) is 0.268. The quantitative estimate of drug-likeness (QED) is 0.281. The first-order valence-electron chi connectivity index (χ1n) is 6.53. The normalized spacial score (nSPS) is 15.1. The third kappa shape index (κ3) is 7.30. The Morgan fingerprint density at radius 2 is 1.67 bits per heavy atom. The van der Waals surface area contributed by atoms with Crippen molar-refractivity contribution in [2.45, 2.75) is 38.4 Å². The Bertz CT molecular complexity index is 378. The number of aliphatic hydroxyl groups excluding tert-OH is 1. The zero-order valence-corrected chi connectivity index (χ0v) is 13.0. The van der Waals surface area contributed by atoms with Crippen LogP contribution >= 0.6 is 12.6 Å². The van der Waals surface area contributed by atoms with E-state index < -0.39 is 42.5 Å². The molecule has 2 amide bonds. The van der Waals surface area contributed by atoms with Gasteiger partial charge in [0.2, 0.25) is 11.8 Å². The molecule has 0 aliphatic rings. The highest BCUT2D eigenvalue weighted by molar-refractivity contribution is 7.80. The third-order valence-electron chi connectivity index (χ3n) is 2.67. The van der Waals surface area contributed by atoms with E-state index in [2.05, 4.69) is 23.3 Å². The molecule has 0 bridgehead atoms. The van der Waals surface area contributed by atoms with Gasteiger partial charge in [-0.2, -0.15) is 12.6 Å². The summed E-state index contributed by atoms with van der Waals surface area (Å²) in [5.41, 5.74) is 5.32. The van der Waals surface area contributed by atoms with Gasteiger partial charge in [-0.05, 0) is 12.3 Å². The molecule has 0 aromatic carbocycles. The van der Waals surface area contributed by atoms with Crippen LogP contribution in [0.15, 0.2) is 0 Å². The molecular formula is C12H23N3O5S. The van der Waals surface area contributed by atoms with Gasteiger partial charge in [0.05, 0.1) is 6.61 Å². The van der Waals surface area contributed by atoms with Crippen molar-refractivity contribution < 1.29 is 24.6 Å². The zero-order chi connectivity index (χ0) is 16.6. The summed E-state index contributed by atoms with van der Waals surface area (Å²) in [4.78, 5) is 34.6. The lowest BCUT2D eigenvalue weighted by atomic mass is 10.0. The second-order valence-electron chi connectivity index (χ2n) is 5.06. The number of nitrogens with two attached hydrogens (primary N) is 1. The molecule has 21 heavy (non-hydrogen) atoms. The first-order valence-corrected chi connectivity index (χ1v) is 7.17. The number of hydrogen-bond donors (Lipinski definition) is 6. The summed E-state index contributed by atoms with van der Waals surface area (Å²) in [5, 5.41) is 22.5. The lowest BCUT2D eigenvalue weighted by Gasteiger charge is -2.22. The number of carbonyl (C=O) groups excluding carboxylic acids is 2. The third-order valence-corrected chi connectivity index (χ3v) is 3.04. The standard InChI is InChI=1S/C12H23N3O5S/c1-6(2)3-8(12(19)20)14-11(18)9(5-21)15-10(17)7(13)4-16/h6-9,16,21H,3-5,13H2,1-2H3,(H,14,18)(H,15,17)(H,19,20)/t7-,8-,9-/m0/s1. The molecule has 9 heteroatoms. The molecule has 0 aliphatic heterocycles. The molecule has 0 heterocycles. The van der Waals surface area contributed by atoms with Crippen molar-refractivity contribution in [1.82, 2.24) is 10.6 Å². The minimum Gasteiger partial charge on any atom is -0.480 e. The number of thiol groups is 1. The van der Waals surface area contributed by atoms with E-state index in [0.29, 0.717) is 0 Å². The number of nitrogens with one attached hydrogen (secondary N) is 2. The summed E-state index contributed by atoms with van der Waals surface area (Å²) in [6, 6.07) is -3.21. The molecule has 122 valence electrons. The maximum absolute atomic E-state index is 12.0. The van der Waals surface area contributed by atoms with Gasteiger partial charge in [-0.3, -0.25) is 9.59 Å². The molecule has 0 rings (SSSR count). The average molecular weight is 321 g/mol. The molecule has 0 aliphatic carbocycles. The highest BCUT2D eigenvalue weighted by atomic mass is 32.1. The molecule has 0 aromatic rings. The van der Waals surface area contributed by atoms with E-state index in [0.717, 1.165) is 0 Å². The van der Waals surface area contributed by atoms with Crippen molar-refractivity contribution in [2.75, 3.05) is 12.4 Å². The second kappa shape index (κ2) is 9.59. The Hall–Kier alpha value is -1.32. The molecular weight excluding hydrogens is 298 g/mol. The summed E-state index contributed by atoms with van der Waals surface area (Å²) >= 11 is 3.95. The van der Waals surface area contributed by atoms with E-state index in [9.17, 15) is 14.4 Å². The highest BCUT2D eigenvalue weighted by Gasteiger charge is 2.27. The molecule has 0 radical (unpaired) electrons. The van der Waals surface area contributed by atoms with E-state index in [1.54, 1.807) is 0 Å². The Balaban J connectivity index is 4.69. The second-order valence-corrected chi connectivity index (χ2v) is 5.43. The maximum atomic E-state index is 12.0. The first-order chi connectivity index (χ1) is 9.72. The fraction of sp³-hybridized carbons (Fsp3) is 0.750. The van der Waals surface area contributed by atoms with Crippen LogP contribution in [0.1, 0.15) is 20.3 Å². The van der Waals surface area contributed by atoms with Crippen LogP contribution in [-0.2, 0) is 14.4 Å². The Morgan fingerprint density at radius 1 is 1.14 bits per heavy atom. The Kier molecular flexibility index (Phi) is 8.98. The number of amides is 2. The summed E-state index contributed by atoms with van der Waals surface area (Å²) < 4.78 is 0. The largest absolute Gasteiger partial charge is 0.480 e. The fourth-order valence-electron chi connectivity index (χ4n) is 1.52. The molecule has 0 unspecified atom stereocenters. The van der Waals surface area contributed by atoms with Crippen molar-refractivity contribution in [2.24, 2.45) is 11.7 Å². The number of aliphatic hydroxyl groups is 1. The molecule has 8 nitrogen and oxygen atoms in total. The first kappa shape index (κ1) is 19.7. The van der Waals surface area contributed by atoms with Crippen LogP contribution in [0.3, 0.4) is 0 Å². The zero-order valence-electron chi connectivity index (χ0n) is 12.1. The molecule has 3 atom stereocenters. The van der Waals surface area contributed by atoms with Crippen LogP contribution in [-0.4, -0.2) is 58.5 Å². The van der Waals surface area contributed by atoms with Crippen LogP contribution in [0, 0.1) is 5.92 Å². The number of aliphatic carboxylic acids is 1. The molecule has 0 saturated heterocycles. The Labute approximate surface area is 128 Å². The van der Waals surface area contributed by atoms with Crippen molar-refractivity contribution in [3.8, 4) is 0 Å². The molecule has 0 spiro atoms. The monoisotopic (exact) mass is 321 g/mol. The number of carboxylic acid groups (broad SMARTS) is 1. The van der Waals surface area contributed by atoms with Crippen LogP contribution in [0.2, 0.25) is 0 Å². The Morgan fingerprint density at radius 3 is 2.05 bits per heavy atom. The van der Waals surface area contributed by atoms with Crippen molar-refractivity contribution in [1.29, 1.82) is 0 Å². The van der Waals surface area contributed by atoms with Gasteiger partial charge >= 0.3 is 5.97 Å². The smallest absolute Gasteiger partial charge is 0.326 e. The summed E-state index contributed by atoms with van der Waals surface area (Å²) in [6.45, 7) is 3.11. The van der Waals surface area contributed by atoms with Gasteiger partial charge in [-0.25, -0.2) is 4.79 Å². The predicted octanol–water partition coefficient (Wildman–Crippen LogP) is -1.66. The maximum Gasteiger partial charge on any atom is 0.326 e. The minimum atomic E-state index is -1.15. The molecule has 0 saturated carbocycles. The topological polar surface area (TPSA) is 142 Å². The number of rotatable bonds is 9. The van der Waals surface area contributed by atoms with Gasteiger partial charge in [0.25, 0.3) is 0 Å². The van der Waals surface area contributed by atoms with Crippen LogP contribution in [0.25, 0.3) is 0 Å². The number of carboxylic acids is 1. The van der Waals surface area contributed by atoms with E-state index in [1.807, 2.05) is 13.8 Å². The number of carbonyl (C=O) groups is 3. The van der Waals surface area contributed by atoms with E-state index >= 15 is 0 Å². The van der Waals surface area contributed by atoms with Gasteiger partial charge in [0.1, 0.15) is 18.1 Å². The van der Waals surface area contributed by atoms with Crippen LogP contribution in [0.5, 0.6) is 0 Å². The van der Waals surface area contributed by atoms with Gasteiger partial charge in [-0.15, -0.1) is 0 Å².